The normalized spacial score (nSPS) is 10.3. The van der Waals surface area contributed by atoms with Crippen molar-refractivity contribution in [1.29, 1.82) is 0 Å². The summed E-state index contributed by atoms with van der Waals surface area (Å²) >= 11 is 0. The quantitative estimate of drug-likeness (QED) is 0.862. The van der Waals surface area contributed by atoms with Gasteiger partial charge in [-0.05, 0) is 35.7 Å². The van der Waals surface area contributed by atoms with Crippen molar-refractivity contribution in [2.45, 2.75) is 19.4 Å². The van der Waals surface area contributed by atoms with Crippen molar-refractivity contribution in [1.82, 2.24) is 5.32 Å². The minimum absolute atomic E-state index is 0.0139. The second-order valence-electron chi connectivity index (χ2n) is 5.47. The minimum Gasteiger partial charge on any atom is -0.508 e. The molecule has 0 radical (unpaired) electrons. The second kappa shape index (κ2) is 7.50. The van der Waals surface area contributed by atoms with Crippen LogP contribution in [0.4, 0.5) is 5.69 Å². The fourth-order valence-corrected chi connectivity index (χ4v) is 2.17. The molecule has 4 heteroatoms. The van der Waals surface area contributed by atoms with E-state index in [2.05, 4.69) is 5.32 Å². The molecule has 2 aromatic carbocycles. The maximum absolute atomic E-state index is 11.9. The molecule has 1 amide bonds. The number of nitrogens with zero attached hydrogens (tertiary/aromatic N) is 1. The van der Waals surface area contributed by atoms with E-state index in [9.17, 15) is 9.90 Å². The van der Waals surface area contributed by atoms with Gasteiger partial charge in [-0.1, -0.05) is 30.3 Å². The third-order valence-corrected chi connectivity index (χ3v) is 3.56. The lowest BCUT2D eigenvalue weighted by molar-refractivity contribution is -0.121. The van der Waals surface area contributed by atoms with E-state index in [1.165, 1.54) is 0 Å². The molecule has 0 aliphatic rings. The van der Waals surface area contributed by atoms with Gasteiger partial charge in [0, 0.05) is 32.7 Å². The summed E-state index contributed by atoms with van der Waals surface area (Å²) in [6.45, 7) is 0.521. The Morgan fingerprint density at radius 2 is 1.77 bits per heavy atom. The van der Waals surface area contributed by atoms with E-state index in [0.717, 1.165) is 16.8 Å². The third-order valence-electron chi connectivity index (χ3n) is 3.56. The third kappa shape index (κ3) is 4.52. The molecule has 0 aliphatic carbocycles. The summed E-state index contributed by atoms with van der Waals surface area (Å²) in [5.74, 6) is 0.231. The zero-order valence-electron chi connectivity index (χ0n) is 13.0. The fraction of sp³-hybridized carbons (Fsp3) is 0.278. The molecular weight excluding hydrogens is 276 g/mol. The van der Waals surface area contributed by atoms with Crippen molar-refractivity contribution in [2.24, 2.45) is 0 Å². The SMILES string of the molecule is CN(C)c1ccc(CNC(=O)CCc2ccccc2O)cc1. The van der Waals surface area contributed by atoms with Crippen LogP contribution in [-0.4, -0.2) is 25.1 Å². The number of nitrogens with one attached hydrogen (secondary N) is 1. The molecule has 0 saturated heterocycles. The van der Waals surface area contributed by atoms with E-state index < -0.39 is 0 Å². The van der Waals surface area contributed by atoms with Gasteiger partial charge in [-0.15, -0.1) is 0 Å². The predicted molar refractivity (Wildman–Crippen MR) is 89.0 cm³/mol. The van der Waals surface area contributed by atoms with Crippen LogP contribution >= 0.6 is 0 Å². The molecule has 0 fully saturated rings. The van der Waals surface area contributed by atoms with Crippen LogP contribution in [0.15, 0.2) is 48.5 Å². The number of aryl methyl sites for hydroxylation is 1. The summed E-state index contributed by atoms with van der Waals surface area (Å²) < 4.78 is 0. The zero-order valence-corrected chi connectivity index (χ0v) is 13.0. The highest BCUT2D eigenvalue weighted by atomic mass is 16.3. The lowest BCUT2D eigenvalue weighted by Crippen LogP contribution is -2.23. The Morgan fingerprint density at radius 1 is 1.09 bits per heavy atom. The molecule has 2 N–H and O–H groups in total. The Bertz CT molecular complexity index is 621. The highest BCUT2D eigenvalue weighted by Gasteiger charge is 2.05. The summed E-state index contributed by atoms with van der Waals surface area (Å²) in [6.07, 6.45) is 0.908. The molecule has 0 unspecified atom stereocenters. The fourth-order valence-electron chi connectivity index (χ4n) is 2.17. The van der Waals surface area contributed by atoms with Gasteiger partial charge in [0.25, 0.3) is 0 Å². The molecule has 0 aromatic heterocycles. The molecule has 22 heavy (non-hydrogen) atoms. The highest BCUT2D eigenvalue weighted by Crippen LogP contribution is 2.17. The van der Waals surface area contributed by atoms with Crippen molar-refractivity contribution >= 4 is 11.6 Å². The molecule has 0 bridgehead atoms. The number of anilines is 1. The summed E-state index contributed by atoms with van der Waals surface area (Å²) in [7, 11) is 3.99. The van der Waals surface area contributed by atoms with Gasteiger partial charge in [-0.25, -0.2) is 0 Å². The largest absolute Gasteiger partial charge is 0.508 e. The number of para-hydroxylation sites is 1. The number of amides is 1. The number of carbonyl (C=O) groups is 1. The first-order valence-electron chi connectivity index (χ1n) is 7.36. The monoisotopic (exact) mass is 298 g/mol. The van der Waals surface area contributed by atoms with Crippen LogP contribution in [-0.2, 0) is 17.8 Å². The number of phenolic OH excluding ortho intramolecular Hbond substituents is 1. The Morgan fingerprint density at radius 3 is 2.41 bits per heavy atom. The van der Waals surface area contributed by atoms with Gasteiger partial charge in [0.05, 0.1) is 0 Å². The van der Waals surface area contributed by atoms with Crippen molar-refractivity contribution in [3.63, 3.8) is 0 Å². The minimum atomic E-state index is -0.0139. The number of phenols is 1. The zero-order chi connectivity index (χ0) is 15.9. The molecule has 0 spiro atoms. The van der Waals surface area contributed by atoms with Crippen molar-refractivity contribution in [3.8, 4) is 5.75 Å². The number of hydrogen-bond donors (Lipinski definition) is 2. The van der Waals surface area contributed by atoms with Crippen LogP contribution in [0.5, 0.6) is 5.75 Å². The topological polar surface area (TPSA) is 52.6 Å². The molecule has 4 nitrogen and oxygen atoms in total. The molecule has 116 valence electrons. The van der Waals surface area contributed by atoms with Crippen LogP contribution in [0.2, 0.25) is 0 Å². The highest BCUT2D eigenvalue weighted by molar-refractivity contribution is 5.76. The molecule has 0 saturated carbocycles. The summed E-state index contributed by atoms with van der Waals surface area (Å²) in [4.78, 5) is 13.9. The van der Waals surface area contributed by atoms with Gasteiger partial charge in [-0.2, -0.15) is 0 Å². The smallest absolute Gasteiger partial charge is 0.220 e. The van der Waals surface area contributed by atoms with E-state index in [1.807, 2.05) is 55.4 Å². The van der Waals surface area contributed by atoms with Crippen LogP contribution in [0.1, 0.15) is 17.5 Å². The lowest BCUT2D eigenvalue weighted by atomic mass is 10.1. The second-order valence-corrected chi connectivity index (χ2v) is 5.47. The maximum atomic E-state index is 11.9. The Labute approximate surface area is 131 Å². The lowest BCUT2D eigenvalue weighted by Gasteiger charge is -2.13. The average molecular weight is 298 g/mol. The molecule has 0 aliphatic heterocycles. The van der Waals surface area contributed by atoms with E-state index in [1.54, 1.807) is 12.1 Å². The van der Waals surface area contributed by atoms with Gasteiger partial charge < -0.3 is 15.3 Å². The van der Waals surface area contributed by atoms with Gasteiger partial charge in [0.15, 0.2) is 0 Å². The summed E-state index contributed by atoms with van der Waals surface area (Å²) in [6, 6.07) is 15.2. The standard InChI is InChI=1S/C18H22N2O2/c1-20(2)16-10-7-14(8-11-16)13-19-18(22)12-9-15-5-3-4-6-17(15)21/h3-8,10-11,21H,9,12-13H2,1-2H3,(H,19,22). The number of benzene rings is 2. The molecule has 0 heterocycles. The Balaban J connectivity index is 1.79. The Hall–Kier alpha value is -2.49. The van der Waals surface area contributed by atoms with Gasteiger partial charge in [-0.3, -0.25) is 4.79 Å². The van der Waals surface area contributed by atoms with Crippen molar-refractivity contribution in [3.05, 3.63) is 59.7 Å². The number of rotatable bonds is 6. The molecular formula is C18H22N2O2. The first kappa shape index (κ1) is 15.9. The van der Waals surface area contributed by atoms with Gasteiger partial charge >= 0.3 is 0 Å². The maximum Gasteiger partial charge on any atom is 0.220 e. The first-order valence-corrected chi connectivity index (χ1v) is 7.36. The number of aromatic hydroxyl groups is 1. The molecule has 2 rings (SSSR count). The Kier molecular flexibility index (Phi) is 5.42. The van der Waals surface area contributed by atoms with E-state index in [-0.39, 0.29) is 11.7 Å². The van der Waals surface area contributed by atoms with Crippen molar-refractivity contribution < 1.29 is 9.90 Å². The van der Waals surface area contributed by atoms with E-state index >= 15 is 0 Å². The van der Waals surface area contributed by atoms with Crippen LogP contribution in [0.3, 0.4) is 0 Å². The molecule has 0 atom stereocenters. The van der Waals surface area contributed by atoms with Gasteiger partial charge in [0.2, 0.25) is 5.91 Å². The van der Waals surface area contributed by atoms with Crippen LogP contribution < -0.4 is 10.2 Å². The molecule has 2 aromatic rings. The summed E-state index contributed by atoms with van der Waals surface area (Å²) in [5.41, 5.74) is 3.00. The average Bonchev–Trinajstić information content (AvgIpc) is 2.52. The van der Waals surface area contributed by atoms with Crippen molar-refractivity contribution in [2.75, 3.05) is 19.0 Å². The van der Waals surface area contributed by atoms with E-state index in [4.69, 9.17) is 0 Å². The predicted octanol–water partition coefficient (Wildman–Crippen LogP) is 2.71. The van der Waals surface area contributed by atoms with E-state index in [0.29, 0.717) is 19.4 Å². The number of hydrogen-bond acceptors (Lipinski definition) is 3. The van der Waals surface area contributed by atoms with Crippen LogP contribution in [0, 0.1) is 0 Å². The summed E-state index contributed by atoms with van der Waals surface area (Å²) in [5, 5.41) is 12.6. The van der Waals surface area contributed by atoms with Gasteiger partial charge in [0.1, 0.15) is 5.75 Å². The first-order chi connectivity index (χ1) is 10.6. The van der Waals surface area contributed by atoms with Crippen LogP contribution in [0.25, 0.3) is 0 Å². The number of carbonyl (C=O) groups excluding carboxylic acids is 1.